The second-order valence-electron chi connectivity index (χ2n) is 4.53. The molecular weight excluding hydrogens is 304 g/mol. The van der Waals surface area contributed by atoms with Crippen molar-refractivity contribution in [1.29, 1.82) is 0 Å². The average Bonchev–Trinajstić information content (AvgIpc) is 2.36. The van der Waals surface area contributed by atoms with Crippen LogP contribution < -0.4 is 4.72 Å². The van der Waals surface area contributed by atoms with Gasteiger partial charge in [-0.2, -0.15) is 0 Å². The minimum atomic E-state index is -4.00. The van der Waals surface area contributed by atoms with Crippen molar-refractivity contribution in [1.82, 2.24) is 4.72 Å². The Kier molecular flexibility index (Phi) is 6.70. The molecule has 1 aromatic carbocycles. The van der Waals surface area contributed by atoms with Gasteiger partial charge in [0.15, 0.2) is 0 Å². The highest BCUT2D eigenvalue weighted by Crippen LogP contribution is 2.15. The number of rotatable bonds is 9. The highest BCUT2D eigenvalue weighted by atomic mass is 32.2. The molecule has 0 fully saturated rings. The number of unbranched alkanes of at least 4 members (excludes halogenated alkanes) is 3. The maximum absolute atomic E-state index is 13.4. The Labute approximate surface area is 122 Å². The molecule has 0 aliphatic rings. The molecule has 0 radical (unpaired) electrons. The van der Waals surface area contributed by atoms with Crippen LogP contribution in [0.5, 0.6) is 0 Å². The van der Waals surface area contributed by atoms with E-state index in [2.05, 4.69) is 4.72 Å². The quantitative estimate of drug-likeness (QED) is 0.684. The van der Waals surface area contributed by atoms with Crippen molar-refractivity contribution < 1.29 is 27.1 Å². The third-order valence-electron chi connectivity index (χ3n) is 2.79. The standard InChI is InChI=1S/C13H17F2NO4S/c14-10-6-7-12(11(15)9-10)21(19,20)16-8-4-2-1-3-5-13(17)18/h6-7,9,16H,1-5,8H2,(H,17,18). The molecule has 0 atom stereocenters. The molecule has 1 aromatic rings. The Hall–Kier alpha value is -1.54. The summed E-state index contributed by atoms with van der Waals surface area (Å²) in [6.07, 6.45) is 2.49. The highest BCUT2D eigenvalue weighted by molar-refractivity contribution is 7.89. The van der Waals surface area contributed by atoms with Gasteiger partial charge in [-0.15, -0.1) is 0 Å². The number of sulfonamides is 1. The van der Waals surface area contributed by atoms with E-state index in [1.165, 1.54) is 0 Å². The van der Waals surface area contributed by atoms with Crippen LogP contribution in [0.15, 0.2) is 23.1 Å². The van der Waals surface area contributed by atoms with Crippen molar-refractivity contribution in [2.45, 2.75) is 37.0 Å². The first-order valence-electron chi connectivity index (χ1n) is 6.49. The summed E-state index contributed by atoms with van der Waals surface area (Å²) in [5.41, 5.74) is 0. The van der Waals surface area contributed by atoms with Crippen LogP contribution in [0.25, 0.3) is 0 Å². The maximum atomic E-state index is 13.4. The van der Waals surface area contributed by atoms with Crippen LogP contribution in [0, 0.1) is 11.6 Å². The van der Waals surface area contributed by atoms with Gasteiger partial charge in [0, 0.05) is 19.0 Å². The summed E-state index contributed by atoms with van der Waals surface area (Å²) >= 11 is 0. The largest absolute Gasteiger partial charge is 0.481 e. The summed E-state index contributed by atoms with van der Waals surface area (Å²) in [6, 6.07) is 2.27. The predicted molar refractivity (Wildman–Crippen MR) is 72.3 cm³/mol. The molecule has 0 aliphatic carbocycles. The lowest BCUT2D eigenvalue weighted by Crippen LogP contribution is -2.25. The number of carboxylic acid groups (broad SMARTS) is 1. The second kappa shape index (κ2) is 8.04. The lowest BCUT2D eigenvalue weighted by Gasteiger charge is -2.07. The summed E-state index contributed by atoms with van der Waals surface area (Å²) < 4.78 is 51.9. The van der Waals surface area contributed by atoms with Crippen LogP contribution in [-0.2, 0) is 14.8 Å². The zero-order valence-electron chi connectivity index (χ0n) is 11.3. The van der Waals surface area contributed by atoms with Gasteiger partial charge in [-0.3, -0.25) is 4.79 Å². The average molecular weight is 321 g/mol. The van der Waals surface area contributed by atoms with Gasteiger partial charge < -0.3 is 5.11 Å². The van der Waals surface area contributed by atoms with Gasteiger partial charge in [-0.1, -0.05) is 12.8 Å². The van der Waals surface area contributed by atoms with Gasteiger partial charge >= 0.3 is 5.97 Å². The van der Waals surface area contributed by atoms with E-state index in [9.17, 15) is 22.0 Å². The monoisotopic (exact) mass is 321 g/mol. The minimum Gasteiger partial charge on any atom is -0.481 e. The van der Waals surface area contributed by atoms with E-state index in [0.29, 0.717) is 31.7 Å². The summed E-state index contributed by atoms with van der Waals surface area (Å²) in [5, 5.41) is 8.44. The van der Waals surface area contributed by atoms with Crippen molar-refractivity contribution in [2.24, 2.45) is 0 Å². The molecule has 8 heteroatoms. The number of carbonyl (C=O) groups is 1. The number of carboxylic acids is 1. The maximum Gasteiger partial charge on any atom is 0.303 e. The fraction of sp³-hybridized carbons (Fsp3) is 0.462. The normalized spacial score (nSPS) is 11.5. The van der Waals surface area contributed by atoms with Crippen LogP contribution >= 0.6 is 0 Å². The number of hydrogen-bond acceptors (Lipinski definition) is 3. The zero-order valence-corrected chi connectivity index (χ0v) is 12.1. The molecule has 1 rings (SSSR count). The van der Waals surface area contributed by atoms with Gasteiger partial charge in [0.05, 0.1) is 0 Å². The molecule has 0 heterocycles. The number of hydrogen-bond donors (Lipinski definition) is 2. The first-order chi connectivity index (χ1) is 9.83. The fourth-order valence-electron chi connectivity index (χ4n) is 1.73. The van der Waals surface area contributed by atoms with E-state index >= 15 is 0 Å². The fourth-order valence-corrected chi connectivity index (χ4v) is 2.86. The van der Waals surface area contributed by atoms with Crippen molar-refractivity contribution >= 4 is 16.0 Å². The van der Waals surface area contributed by atoms with Crippen molar-refractivity contribution in [3.05, 3.63) is 29.8 Å². The summed E-state index contributed by atoms with van der Waals surface area (Å²) in [7, 11) is -4.00. The number of benzene rings is 1. The molecule has 0 aliphatic heterocycles. The molecule has 0 aromatic heterocycles. The topological polar surface area (TPSA) is 83.5 Å². The molecule has 0 amide bonds. The Balaban J connectivity index is 2.38. The Morgan fingerprint density at radius 2 is 1.81 bits per heavy atom. The van der Waals surface area contributed by atoms with E-state index in [0.717, 1.165) is 12.1 Å². The van der Waals surface area contributed by atoms with Gasteiger partial charge in [-0.05, 0) is 25.0 Å². The van der Waals surface area contributed by atoms with E-state index < -0.39 is 32.5 Å². The number of aliphatic carboxylic acids is 1. The first-order valence-corrected chi connectivity index (χ1v) is 7.98. The third kappa shape index (κ3) is 6.17. The van der Waals surface area contributed by atoms with Crippen molar-refractivity contribution in [3.8, 4) is 0 Å². The minimum absolute atomic E-state index is 0.0898. The van der Waals surface area contributed by atoms with Gasteiger partial charge in [0.25, 0.3) is 0 Å². The lowest BCUT2D eigenvalue weighted by molar-refractivity contribution is -0.137. The molecule has 5 nitrogen and oxygen atoms in total. The van der Waals surface area contributed by atoms with Crippen LogP contribution in [0.4, 0.5) is 8.78 Å². The van der Waals surface area contributed by atoms with Gasteiger partial charge in [0.1, 0.15) is 16.5 Å². The van der Waals surface area contributed by atoms with E-state index in [1.807, 2.05) is 0 Å². The van der Waals surface area contributed by atoms with E-state index in [4.69, 9.17) is 5.11 Å². The van der Waals surface area contributed by atoms with Crippen LogP contribution in [0.2, 0.25) is 0 Å². The zero-order chi connectivity index (χ0) is 15.9. The molecule has 118 valence electrons. The molecular formula is C13H17F2NO4S. The number of halogens is 2. The van der Waals surface area contributed by atoms with Gasteiger partial charge in [0.2, 0.25) is 10.0 Å². The highest BCUT2D eigenvalue weighted by Gasteiger charge is 2.18. The molecule has 0 saturated heterocycles. The Morgan fingerprint density at radius 3 is 2.43 bits per heavy atom. The van der Waals surface area contributed by atoms with E-state index in [-0.39, 0.29) is 13.0 Å². The predicted octanol–water partition coefficient (Wildman–Crippen LogP) is 2.28. The SMILES string of the molecule is O=C(O)CCCCCCNS(=O)(=O)c1ccc(F)cc1F. The van der Waals surface area contributed by atoms with Crippen molar-refractivity contribution in [3.63, 3.8) is 0 Å². The molecule has 2 N–H and O–H groups in total. The van der Waals surface area contributed by atoms with Crippen LogP contribution in [0.3, 0.4) is 0 Å². The van der Waals surface area contributed by atoms with E-state index in [1.54, 1.807) is 0 Å². The number of nitrogens with one attached hydrogen (secondary N) is 1. The first kappa shape index (κ1) is 17.5. The van der Waals surface area contributed by atoms with Crippen LogP contribution in [-0.4, -0.2) is 26.0 Å². The Morgan fingerprint density at radius 1 is 1.14 bits per heavy atom. The molecule has 0 spiro atoms. The molecule has 0 bridgehead atoms. The smallest absolute Gasteiger partial charge is 0.303 e. The molecule has 0 unspecified atom stereocenters. The Bertz CT molecular complexity index is 590. The second-order valence-corrected chi connectivity index (χ2v) is 6.27. The lowest BCUT2D eigenvalue weighted by atomic mass is 10.1. The molecule has 0 saturated carbocycles. The third-order valence-corrected chi connectivity index (χ3v) is 4.29. The van der Waals surface area contributed by atoms with Gasteiger partial charge in [-0.25, -0.2) is 21.9 Å². The summed E-state index contributed by atoms with van der Waals surface area (Å²) in [4.78, 5) is 9.69. The summed E-state index contributed by atoms with van der Waals surface area (Å²) in [6.45, 7) is 0.117. The summed E-state index contributed by atoms with van der Waals surface area (Å²) in [5.74, 6) is -2.84. The van der Waals surface area contributed by atoms with Crippen molar-refractivity contribution in [2.75, 3.05) is 6.54 Å². The van der Waals surface area contributed by atoms with Crippen LogP contribution in [0.1, 0.15) is 32.1 Å². The molecule has 21 heavy (non-hydrogen) atoms.